The van der Waals surface area contributed by atoms with Crippen LogP contribution in [0.5, 0.6) is 0 Å². The van der Waals surface area contributed by atoms with Crippen molar-refractivity contribution < 1.29 is 4.79 Å². The van der Waals surface area contributed by atoms with Crippen molar-refractivity contribution in [3.8, 4) is 0 Å². The van der Waals surface area contributed by atoms with E-state index in [4.69, 9.17) is 0 Å². The van der Waals surface area contributed by atoms with Crippen LogP contribution in [-0.2, 0) is 0 Å². The first-order valence-corrected chi connectivity index (χ1v) is 7.66. The third-order valence-corrected chi connectivity index (χ3v) is 3.67. The van der Waals surface area contributed by atoms with E-state index in [0.717, 1.165) is 15.5 Å². The van der Waals surface area contributed by atoms with Crippen molar-refractivity contribution in [3.05, 3.63) is 51.0 Å². The Balaban J connectivity index is 2.17. The number of anilines is 2. The van der Waals surface area contributed by atoms with Crippen LogP contribution in [0.2, 0.25) is 0 Å². The third-order valence-electron chi connectivity index (χ3n) is 2.52. The highest BCUT2D eigenvalue weighted by Crippen LogP contribution is 2.26. The predicted molar refractivity (Wildman–Crippen MR) is 88.2 cm³/mol. The summed E-state index contributed by atoms with van der Waals surface area (Å²) in [6, 6.07) is 10.9. The van der Waals surface area contributed by atoms with E-state index in [1.165, 1.54) is 0 Å². The first-order valence-electron chi connectivity index (χ1n) is 6.07. The number of aromatic nitrogens is 1. The first-order chi connectivity index (χ1) is 9.60. The Kier molecular flexibility index (Phi) is 5.14. The van der Waals surface area contributed by atoms with Crippen LogP contribution in [0, 0.1) is 0 Å². The molecule has 6 heteroatoms. The summed E-state index contributed by atoms with van der Waals surface area (Å²) < 4.78 is 1.75. The van der Waals surface area contributed by atoms with Crippen LogP contribution in [0.4, 0.5) is 11.5 Å². The molecule has 0 aliphatic rings. The molecule has 0 spiro atoms. The molecule has 0 saturated heterocycles. The zero-order valence-corrected chi connectivity index (χ0v) is 14.0. The number of pyridine rings is 1. The standard InChI is InChI=1S/C14H13Br2N3O/c1-2-17-13-5-3-4-12(18-13)14(20)19-11-7-6-9(15)8-10(11)16/h3-8H,2H2,1H3,(H,17,18)(H,19,20). The molecule has 4 nitrogen and oxygen atoms in total. The zero-order valence-electron chi connectivity index (χ0n) is 10.8. The van der Waals surface area contributed by atoms with E-state index in [0.29, 0.717) is 17.2 Å². The molecular weight excluding hydrogens is 386 g/mol. The molecule has 2 rings (SSSR count). The molecule has 104 valence electrons. The van der Waals surface area contributed by atoms with Crippen molar-refractivity contribution in [2.24, 2.45) is 0 Å². The quantitative estimate of drug-likeness (QED) is 0.807. The van der Waals surface area contributed by atoms with Gasteiger partial charge in [0.05, 0.1) is 5.69 Å². The van der Waals surface area contributed by atoms with Crippen LogP contribution in [0.3, 0.4) is 0 Å². The maximum Gasteiger partial charge on any atom is 0.274 e. The number of hydrogen-bond acceptors (Lipinski definition) is 3. The van der Waals surface area contributed by atoms with Gasteiger partial charge in [0.15, 0.2) is 0 Å². The normalized spacial score (nSPS) is 10.2. The summed E-state index contributed by atoms with van der Waals surface area (Å²) in [5.74, 6) is 0.447. The fourth-order valence-electron chi connectivity index (χ4n) is 1.62. The molecular formula is C14H13Br2N3O. The van der Waals surface area contributed by atoms with Gasteiger partial charge in [-0.1, -0.05) is 22.0 Å². The number of carbonyl (C=O) groups is 1. The second-order valence-corrected chi connectivity index (χ2v) is 5.79. The lowest BCUT2D eigenvalue weighted by Gasteiger charge is -2.08. The molecule has 0 saturated carbocycles. The Labute approximate surface area is 134 Å². The Bertz CT molecular complexity index is 632. The molecule has 2 N–H and O–H groups in total. The van der Waals surface area contributed by atoms with Gasteiger partial charge in [0.25, 0.3) is 5.91 Å². The lowest BCUT2D eigenvalue weighted by atomic mass is 10.3. The minimum atomic E-state index is -0.243. The summed E-state index contributed by atoms with van der Waals surface area (Å²) in [5, 5.41) is 5.91. The van der Waals surface area contributed by atoms with Crippen LogP contribution >= 0.6 is 31.9 Å². The number of amides is 1. The van der Waals surface area contributed by atoms with E-state index in [1.54, 1.807) is 12.1 Å². The Hall–Kier alpha value is -1.40. The highest BCUT2D eigenvalue weighted by atomic mass is 79.9. The molecule has 0 bridgehead atoms. The number of nitrogens with zero attached hydrogens (tertiary/aromatic N) is 1. The summed E-state index contributed by atoms with van der Waals surface area (Å²) >= 11 is 6.78. The molecule has 2 aromatic rings. The zero-order chi connectivity index (χ0) is 14.5. The minimum absolute atomic E-state index is 0.243. The second kappa shape index (κ2) is 6.85. The monoisotopic (exact) mass is 397 g/mol. The van der Waals surface area contributed by atoms with Gasteiger partial charge in [0, 0.05) is 15.5 Å². The number of nitrogens with one attached hydrogen (secondary N) is 2. The van der Waals surface area contributed by atoms with Crippen molar-refractivity contribution in [1.29, 1.82) is 0 Å². The topological polar surface area (TPSA) is 54.0 Å². The van der Waals surface area contributed by atoms with Gasteiger partial charge in [-0.15, -0.1) is 0 Å². The Morgan fingerprint density at radius 1 is 1.25 bits per heavy atom. The molecule has 0 fully saturated rings. The second-order valence-electron chi connectivity index (χ2n) is 4.02. The fourth-order valence-corrected chi connectivity index (χ4v) is 2.76. The SMILES string of the molecule is CCNc1cccc(C(=O)Nc2ccc(Br)cc2Br)n1. The van der Waals surface area contributed by atoms with Crippen molar-refractivity contribution in [1.82, 2.24) is 4.98 Å². The van der Waals surface area contributed by atoms with Crippen LogP contribution in [-0.4, -0.2) is 17.4 Å². The number of carbonyl (C=O) groups excluding carboxylic acids is 1. The van der Waals surface area contributed by atoms with Gasteiger partial charge in [0.2, 0.25) is 0 Å². The number of hydrogen-bond donors (Lipinski definition) is 2. The molecule has 1 aromatic carbocycles. The molecule has 1 amide bonds. The number of rotatable bonds is 4. The Morgan fingerprint density at radius 2 is 2.05 bits per heavy atom. The van der Waals surface area contributed by atoms with Gasteiger partial charge >= 0.3 is 0 Å². The largest absolute Gasteiger partial charge is 0.370 e. The van der Waals surface area contributed by atoms with Crippen LogP contribution < -0.4 is 10.6 Å². The molecule has 1 aromatic heterocycles. The maximum atomic E-state index is 12.2. The summed E-state index contributed by atoms with van der Waals surface area (Å²) in [6.45, 7) is 2.74. The van der Waals surface area contributed by atoms with Gasteiger partial charge in [-0.05, 0) is 53.2 Å². The maximum absolute atomic E-state index is 12.2. The van der Waals surface area contributed by atoms with E-state index < -0.39 is 0 Å². The van der Waals surface area contributed by atoms with Crippen molar-refractivity contribution >= 4 is 49.3 Å². The van der Waals surface area contributed by atoms with E-state index in [-0.39, 0.29) is 5.91 Å². The highest BCUT2D eigenvalue weighted by molar-refractivity contribution is 9.11. The van der Waals surface area contributed by atoms with Gasteiger partial charge in [-0.3, -0.25) is 4.79 Å². The van der Waals surface area contributed by atoms with Crippen molar-refractivity contribution in [2.75, 3.05) is 17.2 Å². The highest BCUT2D eigenvalue weighted by Gasteiger charge is 2.10. The summed E-state index contributed by atoms with van der Waals surface area (Å²) in [7, 11) is 0. The number of halogens is 2. The predicted octanol–water partition coefficient (Wildman–Crippen LogP) is 4.29. The molecule has 0 unspecified atom stereocenters. The molecule has 0 aliphatic heterocycles. The van der Waals surface area contributed by atoms with E-state index in [9.17, 15) is 4.79 Å². The van der Waals surface area contributed by atoms with E-state index >= 15 is 0 Å². The average Bonchev–Trinajstić information content (AvgIpc) is 2.42. The molecule has 20 heavy (non-hydrogen) atoms. The van der Waals surface area contributed by atoms with Gasteiger partial charge in [0.1, 0.15) is 11.5 Å². The lowest BCUT2D eigenvalue weighted by molar-refractivity contribution is 0.102. The van der Waals surface area contributed by atoms with Crippen molar-refractivity contribution in [2.45, 2.75) is 6.92 Å². The summed E-state index contributed by atoms with van der Waals surface area (Å²) in [5.41, 5.74) is 1.08. The van der Waals surface area contributed by atoms with Crippen LogP contribution in [0.1, 0.15) is 17.4 Å². The summed E-state index contributed by atoms with van der Waals surface area (Å²) in [4.78, 5) is 16.4. The molecule has 0 atom stereocenters. The van der Waals surface area contributed by atoms with Crippen LogP contribution in [0.25, 0.3) is 0 Å². The molecule has 0 aliphatic carbocycles. The van der Waals surface area contributed by atoms with Gasteiger partial charge < -0.3 is 10.6 Å². The fraction of sp³-hybridized carbons (Fsp3) is 0.143. The van der Waals surface area contributed by atoms with Crippen molar-refractivity contribution in [3.63, 3.8) is 0 Å². The van der Waals surface area contributed by atoms with E-state index in [2.05, 4.69) is 47.5 Å². The summed E-state index contributed by atoms with van der Waals surface area (Å²) in [6.07, 6.45) is 0. The minimum Gasteiger partial charge on any atom is -0.370 e. The lowest BCUT2D eigenvalue weighted by Crippen LogP contribution is -2.15. The Morgan fingerprint density at radius 3 is 2.75 bits per heavy atom. The first kappa shape index (κ1) is 15.0. The van der Waals surface area contributed by atoms with E-state index in [1.807, 2.05) is 31.2 Å². The average molecular weight is 399 g/mol. The van der Waals surface area contributed by atoms with Gasteiger partial charge in [-0.25, -0.2) is 4.98 Å². The molecule has 0 radical (unpaired) electrons. The van der Waals surface area contributed by atoms with Crippen LogP contribution in [0.15, 0.2) is 45.3 Å². The molecule has 1 heterocycles. The smallest absolute Gasteiger partial charge is 0.274 e. The number of benzene rings is 1. The van der Waals surface area contributed by atoms with Gasteiger partial charge in [-0.2, -0.15) is 0 Å². The third kappa shape index (κ3) is 3.80.